The van der Waals surface area contributed by atoms with Crippen LogP contribution in [0.25, 0.3) is 0 Å². The molecule has 0 radical (unpaired) electrons. The van der Waals surface area contributed by atoms with Crippen LogP contribution in [0.4, 0.5) is 0 Å². The van der Waals surface area contributed by atoms with Gasteiger partial charge in [-0.2, -0.15) is 0 Å². The van der Waals surface area contributed by atoms with Crippen molar-refractivity contribution in [3.63, 3.8) is 0 Å². The van der Waals surface area contributed by atoms with E-state index in [4.69, 9.17) is 5.73 Å². The second-order valence-electron chi connectivity index (χ2n) is 2.61. The summed E-state index contributed by atoms with van der Waals surface area (Å²) in [4.78, 5) is 15.2. The molecule has 0 aromatic carbocycles. The van der Waals surface area contributed by atoms with Crippen molar-refractivity contribution < 1.29 is 4.79 Å². The fraction of sp³-hybridized carbons (Fsp3) is 0.333. The van der Waals surface area contributed by atoms with Crippen LogP contribution in [0.2, 0.25) is 0 Å². The molecule has 0 saturated carbocycles. The fourth-order valence-electron chi connectivity index (χ4n) is 0.916. The molecule has 1 heterocycles. The lowest BCUT2D eigenvalue weighted by Gasteiger charge is -2.06. The smallest absolute Gasteiger partial charge is 0.179 e. The number of ketones is 1. The Bertz CT molecular complexity index is 258. The number of nitrogens with two attached hydrogens (primary N) is 1. The summed E-state index contributed by atoms with van der Waals surface area (Å²) < 4.78 is 0. The van der Waals surface area contributed by atoms with Gasteiger partial charge >= 0.3 is 0 Å². The Morgan fingerprint density at radius 1 is 1.58 bits per heavy atom. The van der Waals surface area contributed by atoms with Crippen molar-refractivity contribution in [2.24, 2.45) is 5.73 Å². The summed E-state index contributed by atoms with van der Waals surface area (Å²) in [5.41, 5.74) is 6.22. The molecule has 1 unspecified atom stereocenters. The number of aromatic nitrogens is 1. The number of rotatable bonds is 3. The van der Waals surface area contributed by atoms with Gasteiger partial charge < -0.3 is 5.73 Å². The van der Waals surface area contributed by atoms with Gasteiger partial charge in [-0.3, -0.25) is 9.78 Å². The van der Waals surface area contributed by atoms with Crippen LogP contribution >= 0.6 is 0 Å². The summed E-state index contributed by atoms with van der Waals surface area (Å²) in [7, 11) is 0. The van der Waals surface area contributed by atoms with Crippen LogP contribution in [0, 0.1) is 0 Å². The molecule has 0 aliphatic rings. The molecule has 0 fully saturated rings. The zero-order valence-corrected chi connectivity index (χ0v) is 7.03. The molecule has 64 valence electrons. The highest BCUT2D eigenvalue weighted by molar-refractivity contribution is 5.99. The van der Waals surface area contributed by atoms with Crippen molar-refractivity contribution in [2.45, 2.75) is 19.4 Å². The summed E-state index contributed by atoms with van der Waals surface area (Å²) in [5, 5.41) is 0. The summed E-state index contributed by atoms with van der Waals surface area (Å²) in [6.45, 7) is 1.89. The first-order chi connectivity index (χ1) is 5.75. The SMILES string of the molecule is CCC(N)C(=O)c1ccncc1. The molecule has 0 aliphatic heterocycles. The summed E-state index contributed by atoms with van der Waals surface area (Å²) >= 11 is 0. The number of pyridine rings is 1. The van der Waals surface area contributed by atoms with Crippen molar-refractivity contribution >= 4 is 5.78 Å². The number of hydrogen-bond donors (Lipinski definition) is 1. The molecule has 1 aromatic heterocycles. The molecule has 3 nitrogen and oxygen atoms in total. The molecule has 0 spiro atoms. The molecular formula is C9H12N2O. The zero-order valence-electron chi connectivity index (χ0n) is 7.03. The Morgan fingerprint density at radius 3 is 2.67 bits per heavy atom. The Kier molecular flexibility index (Phi) is 2.94. The van der Waals surface area contributed by atoms with E-state index in [1.807, 2.05) is 6.92 Å². The van der Waals surface area contributed by atoms with E-state index in [9.17, 15) is 4.79 Å². The summed E-state index contributed by atoms with van der Waals surface area (Å²) in [6, 6.07) is 2.97. The lowest BCUT2D eigenvalue weighted by Crippen LogP contribution is -2.29. The zero-order chi connectivity index (χ0) is 8.97. The van der Waals surface area contributed by atoms with Crippen LogP contribution < -0.4 is 5.73 Å². The normalized spacial score (nSPS) is 12.5. The van der Waals surface area contributed by atoms with Crippen LogP contribution in [0.5, 0.6) is 0 Å². The maximum absolute atomic E-state index is 11.4. The summed E-state index contributed by atoms with van der Waals surface area (Å²) in [5.74, 6) is -0.0140. The maximum atomic E-state index is 11.4. The number of Topliss-reactive ketones (excluding diaryl/α,β-unsaturated/α-hetero) is 1. The van der Waals surface area contributed by atoms with E-state index >= 15 is 0 Å². The highest BCUT2D eigenvalue weighted by Gasteiger charge is 2.12. The maximum Gasteiger partial charge on any atom is 0.179 e. The number of carbonyl (C=O) groups excluding carboxylic acids is 1. The topological polar surface area (TPSA) is 56.0 Å². The van der Waals surface area contributed by atoms with Crippen LogP contribution in [0.3, 0.4) is 0 Å². The Balaban J connectivity index is 2.79. The minimum Gasteiger partial charge on any atom is -0.321 e. The third-order valence-electron chi connectivity index (χ3n) is 1.74. The molecule has 0 saturated heterocycles. The van der Waals surface area contributed by atoms with Gasteiger partial charge in [-0.25, -0.2) is 0 Å². The van der Waals surface area contributed by atoms with Gasteiger partial charge in [0.2, 0.25) is 0 Å². The van der Waals surface area contributed by atoms with Crippen molar-refractivity contribution in [1.82, 2.24) is 4.98 Å². The standard InChI is InChI=1S/C9H12N2O/c1-2-8(10)9(12)7-3-5-11-6-4-7/h3-6,8H,2,10H2,1H3. The lowest BCUT2D eigenvalue weighted by atomic mass is 10.0. The quantitative estimate of drug-likeness (QED) is 0.678. The van der Waals surface area contributed by atoms with E-state index in [0.29, 0.717) is 12.0 Å². The number of hydrogen-bond acceptors (Lipinski definition) is 3. The minimum absolute atomic E-state index is 0.0140. The van der Waals surface area contributed by atoms with Gasteiger partial charge in [-0.05, 0) is 18.6 Å². The Hall–Kier alpha value is -1.22. The van der Waals surface area contributed by atoms with Gasteiger partial charge in [0.1, 0.15) is 0 Å². The Labute approximate surface area is 71.6 Å². The average Bonchev–Trinajstić information content (AvgIpc) is 2.17. The second-order valence-corrected chi connectivity index (χ2v) is 2.61. The van der Waals surface area contributed by atoms with Crippen LogP contribution in [0.1, 0.15) is 23.7 Å². The highest BCUT2D eigenvalue weighted by Crippen LogP contribution is 2.02. The van der Waals surface area contributed by atoms with Crippen LogP contribution in [-0.2, 0) is 0 Å². The van der Waals surface area contributed by atoms with Crippen molar-refractivity contribution in [2.75, 3.05) is 0 Å². The van der Waals surface area contributed by atoms with Crippen LogP contribution in [0.15, 0.2) is 24.5 Å². The van der Waals surface area contributed by atoms with E-state index in [1.54, 1.807) is 24.5 Å². The first kappa shape index (κ1) is 8.87. The predicted octanol–water partition coefficient (Wildman–Crippen LogP) is 1.00. The van der Waals surface area contributed by atoms with Crippen LogP contribution in [-0.4, -0.2) is 16.8 Å². The molecule has 3 heteroatoms. The van der Waals surface area contributed by atoms with Gasteiger partial charge in [0.15, 0.2) is 5.78 Å². The minimum atomic E-state index is -0.382. The van der Waals surface area contributed by atoms with Gasteiger partial charge in [0.05, 0.1) is 6.04 Å². The van der Waals surface area contributed by atoms with Gasteiger partial charge in [-0.1, -0.05) is 6.92 Å². The second kappa shape index (κ2) is 3.97. The highest BCUT2D eigenvalue weighted by atomic mass is 16.1. The molecule has 1 rings (SSSR count). The fourth-order valence-corrected chi connectivity index (χ4v) is 0.916. The van der Waals surface area contributed by atoms with E-state index in [2.05, 4.69) is 4.98 Å². The number of nitrogens with zero attached hydrogens (tertiary/aromatic N) is 1. The molecule has 0 bridgehead atoms. The van der Waals surface area contributed by atoms with E-state index in [0.717, 1.165) is 0 Å². The summed E-state index contributed by atoms with van der Waals surface area (Å²) in [6.07, 6.45) is 3.85. The van der Waals surface area contributed by atoms with Crippen molar-refractivity contribution in [1.29, 1.82) is 0 Å². The molecule has 1 atom stereocenters. The van der Waals surface area contributed by atoms with Gasteiger partial charge in [0, 0.05) is 18.0 Å². The van der Waals surface area contributed by atoms with Gasteiger partial charge in [-0.15, -0.1) is 0 Å². The monoisotopic (exact) mass is 164 g/mol. The largest absolute Gasteiger partial charge is 0.321 e. The van der Waals surface area contributed by atoms with E-state index in [-0.39, 0.29) is 11.8 Å². The van der Waals surface area contributed by atoms with E-state index in [1.165, 1.54) is 0 Å². The molecule has 2 N–H and O–H groups in total. The third kappa shape index (κ3) is 1.89. The molecule has 1 aromatic rings. The average molecular weight is 164 g/mol. The first-order valence-corrected chi connectivity index (χ1v) is 3.95. The van der Waals surface area contributed by atoms with Crippen molar-refractivity contribution in [3.05, 3.63) is 30.1 Å². The van der Waals surface area contributed by atoms with E-state index < -0.39 is 0 Å². The predicted molar refractivity (Wildman–Crippen MR) is 46.8 cm³/mol. The number of carbonyl (C=O) groups is 1. The molecular weight excluding hydrogens is 152 g/mol. The lowest BCUT2D eigenvalue weighted by molar-refractivity contribution is 0.0959. The van der Waals surface area contributed by atoms with Crippen molar-refractivity contribution in [3.8, 4) is 0 Å². The van der Waals surface area contributed by atoms with Gasteiger partial charge in [0.25, 0.3) is 0 Å². The molecule has 0 aliphatic carbocycles. The molecule has 12 heavy (non-hydrogen) atoms. The Morgan fingerprint density at radius 2 is 2.17 bits per heavy atom. The third-order valence-corrected chi connectivity index (χ3v) is 1.74. The molecule has 0 amide bonds. The first-order valence-electron chi connectivity index (χ1n) is 3.95.